The first-order chi connectivity index (χ1) is 8.69. The number of carbonyl (C=O) groups excluding carboxylic acids is 1. The van der Waals surface area contributed by atoms with Crippen LogP contribution in [0.2, 0.25) is 0 Å². The second kappa shape index (κ2) is 6.12. The minimum Gasteiger partial charge on any atom is -0.466 e. The van der Waals surface area contributed by atoms with Gasteiger partial charge in [0.15, 0.2) is 0 Å². The molecule has 18 heavy (non-hydrogen) atoms. The molecule has 1 fully saturated rings. The molecule has 1 aliphatic rings. The van der Waals surface area contributed by atoms with Crippen LogP contribution in [0, 0.1) is 3.57 Å². The number of carbonyl (C=O) groups is 1. The zero-order valence-corrected chi connectivity index (χ0v) is 12.3. The molecule has 0 spiro atoms. The SMILES string of the molecule is COC(=O)C=C1CCN(c2ncc(I)cn2)CC1. The summed E-state index contributed by atoms with van der Waals surface area (Å²) in [6.45, 7) is 1.67. The lowest BCUT2D eigenvalue weighted by Crippen LogP contribution is -2.32. The number of methoxy groups -OCH3 is 1. The number of aromatic nitrogens is 2. The maximum atomic E-state index is 11.1. The van der Waals surface area contributed by atoms with E-state index in [-0.39, 0.29) is 5.97 Å². The van der Waals surface area contributed by atoms with Crippen molar-refractivity contribution < 1.29 is 9.53 Å². The third kappa shape index (κ3) is 3.41. The van der Waals surface area contributed by atoms with E-state index in [1.54, 1.807) is 6.08 Å². The molecule has 1 saturated heterocycles. The van der Waals surface area contributed by atoms with Gasteiger partial charge in [-0.15, -0.1) is 0 Å². The van der Waals surface area contributed by atoms with Gasteiger partial charge in [-0.05, 0) is 35.4 Å². The van der Waals surface area contributed by atoms with Crippen molar-refractivity contribution >= 4 is 34.5 Å². The van der Waals surface area contributed by atoms with E-state index in [9.17, 15) is 4.79 Å². The van der Waals surface area contributed by atoms with Crippen molar-refractivity contribution in [1.29, 1.82) is 0 Å². The third-order valence-corrected chi connectivity index (χ3v) is 3.38. The van der Waals surface area contributed by atoms with Crippen molar-refractivity contribution in [1.82, 2.24) is 9.97 Å². The number of hydrogen-bond acceptors (Lipinski definition) is 5. The van der Waals surface area contributed by atoms with E-state index >= 15 is 0 Å². The molecular weight excluding hydrogens is 345 g/mol. The topological polar surface area (TPSA) is 55.3 Å². The third-order valence-electron chi connectivity index (χ3n) is 2.82. The summed E-state index contributed by atoms with van der Waals surface area (Å²) in [5, 5.41) is 0. The lowest BCUT2D eigenvalue weighted by Gasteiger charge is -2.28. The van der Waals surface area contributed by atoms with Gasteiger partial charge in [-0.25, -0.2) is 14.8 Å². The predicted molar refractivity (Wildman–Crippen MR) is 76.3 cm³/mol. The molecule has 6 heteroatoms. The number of rotatable bonds is 2. The van der Waals surface area contributed by atoms with Crippen LogP contribution in [0.3, 0.4) is 0 Å². The predicted octanol–water partition coefficient (Wildman–Crippen LogP) is 1.78. The molecule has 96 valence electrons. The van der Waals surface area contributed by atoms with Gasteiger partial charge in [-0.2, -0.15) is 0 Å². The second-order valence-electron chi connectivity index (χ2n) is 4.01. The lowest BCUT2D eigenvalue weighted by molar-refractivity contribution is -0.134. The van der Waals surface area contributed by atoms with Gasteiger partial charge in [0.05, 0.1) is 7.11 Å². The molecule has 0 saturated carbocycles. The Bertz CT molecular complexity index is 449. The van der Waals surface area contributed by atoms with Gasteiger partial charge >= 0.3 is 5.97 Å². The van der Waals surface area contributed by atoms with Crippen LogP contribution in [0.25, 0.3) is 0 Å². The van der Waals surface area contributed by atoms with E-state index in [0.29, 0.717) is 0 Å². The maximum absolute atomic E-state index is 11.1. The van der Waals surface area contributed by atoms with E-state index in [2.05, 4.69) is 42.2 Å². The molecule has 0 unspecified atom stereocenters. The van der Waals surface area contributed by atoms with Crippen LogP contribution in [0.15, 0.2) is 24.0 Å². The Kier molecular flexibility index (Phi) is 4.51. The van der Waals surface area contributed by atoms with Crippen LogP contribution in [0.4, 0.5) is 5.95 Å². The normalized spacial score (nSPS) is 15.4. The van der Waals surface area contributed by atoms with Crippen LogP contribution in [-0.2, 0) is 9.53 Å². The standard InChI is InChI=1S/C12H14IN3O2/c1-18-11(17)6-9-2-4-16(5-3-9)12-14-7-10(13)8-15-12/h6-8H,2-5H2,1H3. The van der Waals surface area contributed by atoms with E-state index in [4.69, 9.17) is 0 Å². The summed E-state index contributed by atoms with van der Waals surface area (Å²) >= 11 is 2.18. The number of nitrogens with zero attached hydrogens (tertiary/aromatic N) is 3. The smallest absolute Gasteiger partial charge is 0.330 e. The molecule has 0 bridgehead atoms. The maximum Gasteiger partial charge on any atom is 0.330 e. The van der Waals surface area contributed by atoms with E-state index in [1.165, 1.54) is 7.11 Å². The molecule has 0 aliphatic carbocycles. The van der Waals surface area contributed by atoms with Gasteiger partial charge in [0.25, 0.3) is 0 Å². The summed E-state index contributed by atoms with van der Waals surface area (Å²) < 4.78 is 5.65. The summed E-state index contributed by atoms with van der Waals surface area (Å²) in [5.41, 5.74) is 1.13. The lowest BCUT2D eigenvalue weighted by atomic mass is 10.0. The van der Waals surface area contributed by atoms with Crippen LogP contribution >= 0.6 is 22.6 Å². The fraction of sp³-hybridized carbons (Fsp3) is 0.417. The summed E-state index contributed by atoms with van der Waals surface area (Å²) in [6.07, 6.45) is 6.91. The average molecular weight is 359 g/mol. The van der Waals surface area contributed by atoms with E-state index < -0.39 is 0 Å². The fourth-order valence-electron chi connectivity index (χ4n) is 1.83. The molecule has 0 aromatic carbocycles. The van der Waals surface area contributed by atoms with Crippen molar-refractivity contribution in [3.63, 3.8) is 0 Å². The number of ether oxygens (including phenoxy) is 1. The molecular formula is C12H14IN3O2. The Morgan fingerprint density at radius 3 is 2.56 bits per heavy atom. The van der Waals surface area contributed by atoms with Crippen LogP contribution < -0.4 is 4.90 Å². The minimum absolute atomic E-state index is 0.274. The highest BCUT2D eigenvalue weighted by Gasteiger charge is 2.17. The Hall–Kier alpha value is -1.18. The average Bonchev–Trinajstić information content (AvgIpc) is 2.40. The zero-order valence-electron chi connectivity index (χ0n) is 10.1. The first kappa shape index (κ1) is 13.3. The van der Waals surface area contributed by atoms with Crippen molar-refractivity contribution in [2.24, 2.45) is 0 Å². The van der Waals surface area contributed by atoms with Crippen molar-refractivity contribution in [2.45, 2.75) is 12.8 Å². The van der Waals surface area contributed by atoms with Gasteiger partial charge in [0.1, 0.15) is 0 Å². The Morgan fingerprint density at radius 1 is 1.39 bits per heavy atom. The fourth-order valence-corrected chi connectivity index (χ4v) is 2.11. The molecule has 0 atom stereocenters. The molecule has 2 rings (SSSR count). The van der Waals surface area contributed by atoms with Crippen molar-refractivity contribution in [2.75, 3.05) is 25.1 Å². The molecule has 0 amide bonds. The molecule has 0 radical (unpaired) electrons. The molecule has 1 aliphatic heterocycles. The molecule has 5 nitrogen and oxygen atoms in total. The number of anilines is 1. The van der Waals surface area contributed by atoms with Gasteiger partial charge in [0.2, 0.25) is 5.95 Å². The summed E-state index contributed by atoms with van der Waals surface area (Å²) in [4.78, 5) is 21.9. The number of esters is 1. The molecule has 0 N–H and O–H groups in total. The monoisotopic (exact) mass is 359 g/mol. The number of piperidine rings is 1. The summed E-state index contributed by atoms with van der Waals surface area (Å²) in [5.74, 6) is 0.483. The van der Waals surface area contributed by atoms with Gasteiger partial charge in [0, 0.05) is 35.1 Å². The van der Waals surface area contributed by atoms with Gasteiger partial charge in [-0.3, -0.25) is 0 Å². The van der Waals surface area contributed by atoms with Crippen molar-refractivity contribution in [3.05, 3.63) is 27.6 Å². The Balaban J connectivity index is 1.96. The summed E-state index contributed by atoms with van der Waals surface area (Å²) in [6, 6.07) is 0. The molecule has 1 aromatic rings. The highest BCUT2D eigenvalue weighted by Crippen LogP contribution is 2.19. The highest BCUT2D eigenvalue weighted by molar-refractivity contribution is 14.1. The van der Waals surface area contributed by atoms with Crippen molar-refractivity contribution in [3.8, 4) is 0 Å². The first-order valence-electron chi connectivity index (χ1n) is 5.69. The minimum atomic E-state index is -0.274. The molecule has 2 heterocycles. The Morgan fingerprint density at radius 2 is 2.00 bits per heavy atom. The number of halogens is 1. The quantitative estimate of drug-likeness (QED) is 0.458. The van der Waals surface area contributed by atoms with Crippen LogP contribution in [-0.4, -0.2) is 36.1 Å². The first-order valence-corrected chi connectivity index (χ1v) is 6.77. The summed E-state index contributed by atoms with van der Waals surface area (Å²) in [7, 11) is 1.40. The van der Waals surface area contributed by atoms with Gasteiger partial charge in [-0.1, -0.05) is 5.57 Å². The van der Waals surface area contributed by atoms with Gasteiger partial charge < -0.3 is 9.64 Å². The Labute approximate surface area is 119 Å². The highest BCUT2D eigenvalue weighted by atomic mass is 127. The zero-order chi connectivity index (χ0) is 13.0. The van der Waals surface area contributed by atoms with E-state index in [0.717, 1.165) is 41.0 Å². The molecule has 1 aromatic heterocycles. The van der Waals surface area contributed by atoms with E-state index in [1.807, 2.05) is 12.4 Å². The van der Waals surface area contributed by atoms with Crippen LogP contribution in [0.1, 0.15) is 12.8 Å². The second-order valence-corrected chi connectivity index (χ2v) is 5.26. The largest absolute Gasteiger partial charge is 0.466 e. The number of hydrogen-bond donors (Lipinski definition) is 0. The van der Waals surface area contributed by atoms with Crippen LogP contribution in [0.5, 0.6) is 0 Å².